The second-order valence-corrected chi connectivity index (χ2v) is 5.10. The van der Waals surface area contributed by atoms with Gasteiger partial charge in [-0.2, -0.15) is 10.5 Å². The van der Waals surface area contributed by atoms with E-state index in [-0.39, 0.29) is 17.1 Å². The fourth-order valence-electron chi connectivity index (χ4n) is 3.18. The molecule has 0 aromatic heterocycles. The largest absolute Gasteiger partial charge is 0.361 e. The number of rotatable bonds is 0. The molecule has 3 rings (SSSR count). The Hall–Kier alpha value is -3.05. The highest BCUT2D eigenvalue weighted by Crippen LogP contribution is 2.50. The lowest BCUT2D eigenvalue weighted by atomic mass is 9.67. The van der Waals surface area contributed by atoms with E-state index in [0.29, 0.717) is 22.6 Å². The van der Waals surface area contributed by atoms with Gasteiger partial charge in [0.2, 0.25) is 5.91 Å². The predicted octanol–water partition coefficient (Wildman–Crippen LogP) is 2.07. The molecular weight excluding hydrogens is 264 g/mol. The van der Waals surface area contributed by atoms with Crippen molar-refractivity contribution in [1.82, 2.24) is 5.32 Å². The number of para-hydroxylation sites is 1. The molecule has 0 saturated carbocycles. The Morgan fingerprint density at radius 2 is 1.57 bits per heavy atom. The van der Waals surface area contributed by atoms with Crippen LogP contribution in [0.1, 0.15) is 19.4 Å². The number of hydrogen-bond acceptors (Lipinski definition) is 4. The van der Waals surface area contributed by atoms with Crippen LogP contribution in [-0.2, 0) is 10.2 Å². The quantitative estimate of drug-likeness (QED) is 0.759. The number of anilines is 1. The third kappa shape index (κ3) is 1.40. The molecule has 5 nitrogen and oxygen atoms in total. The molecule has 21 heavy (non-hydrogen) atoms. The van der Waals surface area contributed by atoms with Crippen LogP contribution >= 0.6 is 0 Å². The van der Waals surface area contributed by atoms with Gasteiger partial charge in [0.15, 0.2) is 0 Å². The number of nitriles is 2. The van der Waals surface area contributed by atoms with Crippen molar-refractivity contribution in [2.75, 3.05) is 5.32 Å². The molecule has 1 amide bonds. The van der Waals surface area contributed by atoms with Crippen molar-refractivity contribution < 1.29 is 4.79 Å². The highest BCUT2D eigenvalue weighted by atomic mass is 16.2. The first-order valence-electron chi connectivity index (χ1n) is 6.48. The van der Waals surface area contributed by atoms with Crippen LogP contribution in [0.3, 0.4) is 0 Å². The van der Waals surface area contributed by atoms with Crippen molar-refractivity contribution in [2.24, 2.45) is 0 Å². The van der Waals surface area contributed by atoms with E-state index in [1.54, 1.807) is 32.0 Å². The maximum atomic E-state index is 12.7. The molecule has 1 aromatic carbocycles. The molecular formula is C16H12N4O. The van der Waals surface area contributed by atoms with Crippen LogP contribution in [0.25, 0.3) is 0 Å². The zero-order valence-corrected chi connectivity index (χ0v) is 11.6. The summed E-state index contributed by atoms with van der Waals surface area (Å²) in [7, 11) is 0. The number of dihydropyridines is 1. The molecule has 1 spiro atoms. The molecule has 2 aliphatic heterocycles. The summed E-state index contributed by atoms with van der Waals surface area (Å²) in [5.74, 6) is -0.350. The standard InChI is InChI=1S/C16H12N4O/c1-9-12(7-17)16(13(8-18)10(2)19-9)11-5-3-4-6-14(11)20-15(16)21/h3-6,19H,1-2H3,(H,20,21). The average Bonchev–Trinajstić information content (AvgIpc) is 2.73. The minimum atomic E-state index is -1.33. The number of nitrogens with zero attached hydrogens (tertiary/aromatic N) is 2. The Morgan fingerprint density at radius 3 is 2.14 bits per heavy atom. The molecule has 2 N–H and O–H groups in total. The second kappa shape index (κ2) is 4.22. The molecule has 0 unspecified atom stereocenters. The third-order valence-corrected chi connectivity index (χ3v) is 4.02. The molecule has 102 valence electrons. The number of amides is 1. The molecule has 2 aliphatic rings. The monoisotopic (exact) mass is 276 g/mol. The number of carbonyl (C=O) groups excluding carboxylic acids is 1. The molecule has 0 atom stereocenters. The fourth-order valence-corrected chi connectivity index (χ4v) is 3.18. The third-order valence-electron chi connectivity index (χ3n) is 4.02. The van der Waals surface area contributed by atoms with Gasteiger partial charge in [0.25, 0.3) is 0 Å². The molecule has 2 heterocycles. The van der Waals surface area contributed by atoms with E-state index >= 15 is 0 Å². The summed E-state index contributed by atoms with van der Waals surface area (Å²) >= 11 is 0. The van der Waals surface area contributed by atoms with Gasteiger partial charge < -0.3 is 10.6 Å². The summed E-state index contributed by atoms with van der Waals surface area (Å²) in [5.41, 5.74) is 1.70. The number of carbonyl (C=O) groups is 1. The van der Waals surface area contributed by atoms with Crippen molar-refractivity contribution in [1.29, 1.82) is 10.5 Å². The normalized spacial score (nSPS) is 18.8. The molecule has 0 aliphatic carbocycles. The fraction of sp³-hybridized carbons (Fsp3) is 0.188. The first-order valence-corrected chi connectivity index (χ1v) is 6.48. The average molecular weight is 276 g/mol. The Labute approximate surface area is 122 Å². The number of benzene rings is 1. The van der Waals surface area contributed by atoms with Gasteiger partial charge in [0.05, 0.1) is 23.3 Å². The molecule has 0 fully saturated rings. The van der Waals surface area contributed by atoms with Gasteiger partial charge in [0.1, 0.15) is 5.41 Å². The minimum absolute atomic E-state index is 0.270. The van der Waals surface area contributed by atoms with Crippen molar-refractivity contribution in [3.63, 3.8) is 0 Å². The summed E-state index contributed by atoms with van der Waals surface area (Å²) in [6.07, 6.45) is 0. The van der Waals surface area contributed by atoms with Gasteiger partial charge in [-0.15, -0.1) is 0 Å². The Morgan fingerprint density at radius 1 is 1.00 bits per heavy atom. The Balaban J connectivity index is 2.46. The topological polar surface area (TPSA) is 88.7 Å². The van der Waals surface area contributed by atoms with Crippen LogP contribution in [0.2, 0.25) is 0 Å². The van der Waals surface area contributed by atoms with Gasteiger partial charge in [0, 0.05) is 22.6 Å². The number of fused-ring (bicyclic) bond motifs is 2. The van der Waals surface area contributed by atoms with Crippen molar-refractivity contribution >= 4 is 11.6 Å². The van der Waals surface area contributed by atoms with Gasteiger partial charge in [-0.1, -0.05) is 18.2 Å². The Kier molecular flexibility index (Phi) is 2.61. The number of allylic oxidation sites excluding steroid dienone is 2. The Bertz CT molecular complexity index is 781. The first-order chi connectivity index (χ1) is 10.1. The zero-order chi connectivity index (χ0) is 15.2. The smallest absolute Gasteiger partial charge is 0.245 e. The molecule has 0 radical (unpaired) electrons. The van der Waals surface area contributed by atoms with Crippen LogP contribution in [-0.4, -0.2) is 5.91 Å². The molecule has 1 aromatic rings. The zero-order valence-electron chi connectivity index (χ0n) is 11.6. The van der Waals surface area contributed by atoms with E-state index in [9.17, 15) is 15.3 Å². The highest BCUT2D eigenvalue weighted by molar-refractivity contribution is 6.12. The lowest BCUT2D eigenvalue weighted by Gasteiger charge is -2.33. The van der Waals surface area contributed by atoms with Crippen LogP contribution in [0.15, 0.2) is 46.8 Å². The summed E-state index contributed by atoms with van der Waals surface area (Å²) in [4.78, 5) is 12.7. The first kappa shape index (κ1) is 13.0. The van der Waals surface area contributed by atoms with Gasteiger partial charge in [-0.05, 0) is 19.9 Å². The maximum absolute atomic E-state index is 12.7. The van der Waals surface area contributed by atoms with E-state index in [2.05, 4.69) is 22.8 Å². The van der Waals surface area contributed by atoms with Gasteiger partial charge in [-0.3, -0.25) is 4.79 Å². The summed E-state index contributed by atoms with van der Waals surface area (Å²) in [5, 5.41) is 24.9. The van der Waals surface area contributed by atoms with Gasteiger partial charge in [-0.25, -0.2) is 0 Å². The van der Waals surface area contributed by atoms with E-state index in [1.807, 2.05) is 6.07 Å². The van der Waals surface area contributed by atoms with Crippen molar-refractivity contribution in [2.45, 2.75) is 19.3 Å². The van der Waals surface area contributed by atoms with E-state index in [0.717, 1.165) is 0 Å². The lowest BCUT2D eigenvalue weighted by Crippen LogP contribution is -2.43. The summed E-state index contributed by atoms with van der Waals surface area (Å²) in [6.45, 7) is 3.48. The predicted molar refractivity (Wildman–Crippen MR) is 76.5 cm³/mol. The van der Waals surface area contributed by atoms with Crippen molar-refractivity contribution in [3.8, 4) is 12.1 Å². The highest BCUT2D eigenvalue weighted by Gasteiger charge is 2.56. The van der Waals surface area contributed by atoms with E-state index < -0.39 is 5.41 Å². The van der Waals surface area contributed by atoms with Crippen LogP contribution < -0.4 is 10.6 Å². The number of hydrogen-bond donors (Lipinski definition) is 2. The second-order valence-electron chi connectivity index (χ2n) is 5.10. The maximum Gasteiger partial charge on any atom is 0.245 e. The summed E-state index contributed by atoms with van der Waals surface area (Å²) in [6, 6.07) is 11.4. The molecule has 0 saturated heterocycles. The lowest BCUT2D eigenvalue weighted by molar-refractivity contribution is -0.118. The summed E-state index contributed by atoms with van der Waals surface area (Å²) < 4.78 is 0. The molecule has 5 heteroatoms. The number of nitrogens with one attached hydrogen (secondary N) is 2. The van der Waals surface area contributed by atoms with Crippen LogP contribution in [0.5, 0.6) is 0 Å². The van der Waals surface area contributed by atoms with Crippen molar-refractivity contribution in [3.05, 3.63) is 52.4 Å². The van der Waals surface area contributed by atoms with Gasteiger partial charge >= 0.3 is 0 Å². The SMILES string of the molecule is CC1=C(C#N)C2(C(=O)Nc3ccccc32)C(C#N)=C(C)N1. The van der Waals surface area contributed by atoms with Crippen LogP contribution in [0.4, 0.5) is 5.69 Å². The minimum Gasteiger partial charge on any atom is -0.361 e. The van der Waals surface area contributed by atoms with E-state index in [4.69, 9.17) is 0 Å². The van der Waals surface area contributed by atoms with Crippen LogP contribution in [0, 0.1) is 22.7 Å². The molecule has 0 bridgehead atoms. The van der Waals surface area contributed by atoms with E-state index in [1.165, 1.54) is 0 Å².